The predicted octanol–water partition coefficient (Wildman–Crippen LogP) is 2.77. The first kappa shape index (κ1) is 23.2. The lowest BCUT2D eigenvalue weighted by Crippen LogP contribution is -2.52. The van der Waals surface area contributed by atoms with E-state index in [0.29, 0.717) is 13.0 Å². The molecule has 0 spiro atoms. The molecule has 2 N–H and O–H groups in total. The number of carbonyl (C=O) groups is 3. The van der Waals surface area contributed by atoms with E-state index >= 15 is 0 Å². The van der Waals surface area contributed by atoms with E-state index in [9.17, 15) is 14.4 Å². The summed E-state index contributed by atoms with van der Waals surface area (Å²) in [5.41, 5.74) is -0.653. The lowest BCUT2D eigenvalue weighted by atomic mass is 10.0. The van der Waals surface area contributed by atoms with Crippen LogP contribution in [-0.2, 0) is 19.1 Å². The molecule has 0 aliphatic rings. The van der Waals surface area contributed by atoms with E-state index in [1.165, 1.54) is 0 Å². The van der Waals surface area contributed by atoms with Crippen molar-refractivity contribution < 1.29 is 23.9 Å². The van der Waals surface area contributed by atoms with Crippen LogP contribution < -0.4 is 10.6 Å². The summed E-state index contributed by atoms with van der Waals surface area (Å²) in [6.07, 6.45) is 1.47. The second kappa shape index (κ2) is 10.9. The summed E-state index contributed by atoms with van der Waals surface area (Å²) < 4.78 is 10.3. The largest absolute Gasteiger partial charge is 0.464 e. The van der Waals surface area contributed by atoms with Gasteiger partial charge in [-0.1, -0.05) is 27.2 Å². The van der Waals surface area contributed by atoms with Gasteiger partial charge in [0.15, 0.2) is 0 Å². The highest BCUT2D eigenvalue weighted by molar-refractivity contribution is 5.89. The van der Waals surface area contributed by atoms with Crippen LogP contribution in [0.3, 0.4) is 0 Å². The molecule has 0 rings (SSSR count). The van der Waals surface area contributed by atoms with Gasteiger partial charge in [-0.05, 0) is 46.5 Å². The molecule has 25 heavy (non-hydrogen) atoms. The smallest absolute Gasteiger partial charge is 0.408 e. The maximum atomic E-state index is 12.4. The number of hydrogen-bond acceptors (Lipinski definition) is 5. The molecule has 0 bridgehead atoms. The molecule has 0 saturated heterocycles. The Bertz CT molecular complexity index is 443. The Morgan fingerprint density at radius 2 is 1.64 bits per heavy atom. The van der Waals surface area contributed by atoms with Crippen LogP contribution in [0.2, 0.25) is 0 Å². The van der Waals surface area contributed by atoms with Crippen molar-refractivity contribution in [3.05, 3.63) is 0 Å². The van der Waals surface area contributed by atoms with Gasteiger partial charge in [-0.25, -0.2) is 9.59 Å². The highest BCUT2D eigenvalue weighted by Gasteiger charge is 2.27. The van der Waals surface area contributed by atoms with Crippen LogP contribution in [-0.4, -0.2) is 42.3 Å². The third-order valence-electron chi connectivity index (χ3n) is 3.17. The van der Waals surface area contributed by atoms with E-state index in [0.717, 1.165) is 12.8 Å². The van der Waals surface area contributed by atoms with Crippen molar-refractivity contribution in [2.75, 3.05) is 6.61 Å². The van der Waals surface area contributed by atoms with Crippen LogP contribution in [0.25, 0.3) is 0 Å². The van der Waals surface area contributed by atoms with E-state index in [1.807, 2.05) is 20.8 Å². The van der Waals surface area contributed by atoms with Gasteiger partial charge in [-0.3, -0.25) is 4.79 Å². The molecular formula is C18H34N2O5. The average molecular weight is 358 g/mol. The zero-order valence-electron chi connectivity index (χ0n) is 16.6. The first-order chi connectivity index (χ1) is 11.5. The Morgan fingerprint density at radius 3 is 2.12 bits per heavy atom. The fraction of sp³-hybridized carbons (Fsp3) is 0.833. The van der Waals surface area contributed by atoms with Crippen LogP contribution in [0, 0.1) is 5.92 Å². The van der Waals surface area contributed by atoms with Gasteiger partial charge in [-0.2, -0.15) is 0 Å². The van der Waals surface area contributed by atoms with Crippen molar-refractivity contribution in [3.63, 3.8) is 0 Å². The molecule has 2 amide bonds. The van der Waals surface area contributed by atoms with Crippen LogP contribution in [0.1, 0.15) is 67.7 Å². The van der Waals surface area contributed by atoms with Gasteiger partial charge in [0.05, 0.1) is 6.61 Å². The summed E-state index contributed by atoms with van der Waals surface area (Å²) in [7, 11) is 0. The van der Waals surface area contributed by atoms with Crippen LogP contribution in [0.15, 0.2) is 0 Å². The quantitative estimate of drug-likeness (QED) is 0.488. The Labute approximate surface area is 151 Å². The molecule has 0 aromatic rings. The summed E-state index contributed by atoms with van der Waals surface area (Å²) in [6.45, 7) is 13.0. The SMILES string of the molecule is CCCCOC(=O)[C@H](C)NC(=O)[C@H](CC(C)C)NC(=O)OC(C)(C)C. The summed E-state index contributed by atoms with van der Waals surface area (Å²) in [6, 6.07) is -1.56. The molecule has 0 aromatic heterocycles. The van der Waals surface area contributed by atoms with Gasteiger partial charge in [0, 0.05) is 0 Å². The number of unbranched alkanes of at least 4 members (excludes halogenated alkanes) is 1. The van der Waals surface area contributed by atoms with Gasteiger partial charge in [0.1, 0.15) is 17.7 Å². The maximum Gasteiger partial charge on any atom is 0.408 e. The minimum atomic E-state index is -0.778. The normalized spacial score (nSPS) is 13.8. The van der Waals surface area contributed by atoms with Gasteiger partial charge in [-0.15, -0.1) is 0 Å². The Hall–Kier alpha value is -1.79. The van der Waals surface area contributed by atoms with E-state index in [2.05, 4.69) is 10.6 Å². The molecular weight excluding hydrogens is 324 g/mol. The number of rotatable bonds is 9. The maximum absolute atomic E-state index is 12.4. The summed E-state index contributed by atoms with van der Waals surface area (Å²) in [4.78, 5) is 36.2. The molecule has 2 atom stereocenters. The number of esters is 1. The number of carbonyl (C=O) groups excluding carboxylic acids is 3. The summed E-state index contributed by atoms with van der Waals surface area (Å²) in [5.74, 6) is -0.737. The second-order valence-corrected chi connectivity index (χ2v) is 7.58. The standard InChI is InChI=1S/C18H34N2O5/c1-8-9-10-24-16(22)13(4)19-15(21)14(11-12(2)3)20-17(23)25-18(5,6)7/h12-14H,8-11H2,1-7H3,(H,19,21)(H,20,23)/t13-,14-/m0/s1. The highest BCUT2D eigenvalue weighted by atomic mass is 16.6. The summed E-state index contributed by atoms with van der Waals surface area (Å²) >= 11 is 0. The van der Waals surface area contributed by atoms with E-state index in [-0.39, 0.29) is 5.92 Å². The van der Waals surface area contributed by atoms with Gasteiger partial charge >= 0.3 is 12.1 Å². The highest BCUT2D eigenvalue weighted by Crippen LogP contribution is 2.10. The minimum Gasteiger partial charge on any atom is -0.464 e. The molecule has 146 valence electrons. The third kappa shape index (κ3) is 11.4. The third-order valence-corrected chi connectivity index (χ3v) is 3.17. The molecule has 0 fully saturated rings. The van der Waals surface area contributed by atoms with Crippen molar-refractivity contribution in [3.8, 4) is 0 Å². The van der Waals surface area contributed by atoms with E-state index in [4.69, 9.17) is 9.47 Å². The predicted molar refractivity (Wildman–Crippen MR) is 96.1 cm³/mol. The van der Waals surface area contributed by atoms with Gasteiger partial charge < -0.3 is 20.1 Å². The monoisotopic (exact) mass is 358 g/mol. The number of nitrogens with one attached hydrogen (secondary N) is 2. The van der Waals surface area contributed by atoms with Crippen molar-refractivity contribution in [2.24, 2.45) is 5.92 Å². The molecule has 0 aromatic carbocycles. The van der Waals surface area contributed by atoms with Crippen molar-refractivity contribution >= 4 is 18.0 Å². The molecule has 0 unspecified atom stereocenters. The summed E-state index contributed by atoms with van der Waals surface area (Å²) in [5, 5.41) is 5.17. The Kier molecular flexibility index (Phi) is 10.2. The number of alkyl carbamates (subject to hydrolysis) is 1. The molecule has 0 aliphatic carbocycles. The molecule has 0 saturated carbocycles. The molecule has 0 aliphatic heterocycles. The van der Waals surface area contributed by atoms with Crippen LogP contribution in [0.5, 0.6) is 0 Å². The molecule has 0 heterocycles. The lowest BCUT2D eigenvalue weighted by molar-refractivity contribution is -0.147. The van der Waals surface area contributed by atoms with Crippen LogP contribution >= 0.6 is 0 Å². The zero-order valence-corrected chi connectivity index (χ0v) is 16.6. The van der Waals surface area contributed by atoms with Gasteiger partial charge in [0.2, 0.25) is 5.91 Å². The van der Waals surface area contributed by atoms with E-state index < -0.39 is 35.7 Å². The van der Waals surface area contributed by atoms with Gasteiger partial charge in [0.25, 0.3) is 0 Å². The first-order valence-electron chi connectivity index (χ1n) is 8.92. The zero-order chi connectivity index (χ0) is 19.6. The molecule has 7 heteroatoms. The number of hydrogen-bond donors (Lipinski definition) is 2. The minimum absolute atomic E-state index is 0.178. The van der Waals surface area contributed by atoms with Crippen LogP contribution in [0.4, 0.5) is 4.79 Å². The lowest BCUT2D eigenvalue weighted by Gasteiger charge is -2.25. The fourth-order valence-corrected chi connectivity index (χ4v) is 1.97. The number of amides is 2. The Morgan fingerprint density at radius 1 is 1.04 bits per heavy atom. The number of ether oxygens (including phenoxy) is 2. The topological polar surface area (TPSA) is 93.7 Å². The van der Waals surface area contributed by atoms with Crippen molar-refractivity contribution in [1.82, 2.24) is 10.6 Å². The van der Waals surface area contributed by atoms with E-state index in [1.54, 1.807) is 27.7 Å². The van der Waals surface area contributed by atoms with Crippen molar-refractivity contribution in [2.45, 2.75) is 85.4 Å². The fourth-order valence-electron chi connectivity index (χ4n) is 1.97. The second-order valence-electron chi connectivity index (χ2n) is 7.58. The molecule has 7 nitrogen and oxygen atoms in total. The average Bonchev–Trinajstić information content (AvgIpc) is 2.43. The molecule has 0 radical (unpaired) electrons. The first-order valence-corrected chi connectivity index (χ1v) is 8.92. The Balaban J connectivity index is 4.72. The van der Waals surface area contributed by atoms with Crippen molar-refractivity contribution in [1.29, 1.82) is 0 Å².